The Hall–Kier alpha value is -2.59. The lowest BCUT2D eigenvalue weighted by Crippen LogP contribution is -2.40. The number of alkyl halides is 3. The van der Waals surface area contributed by atoms with Crippen LogP contribution in [0.4, 0.5) is 18.9 Å². The Morgan fingerprint density at radius 2 is 1.67 bits per heavy atom. The number of benzene rings is 2. The highest BCUT2D eigenvalue weighted by molar-refractivity contribution is 7.93. The van der Waals surface area contributed by atoms with Crippen molar-refractivity contribution in [3.05, 3.63) is 52.6 Å². The van der Waals surface area contributed by atoms with Crippen LogP contribution in [0.2, 0.25) is 0 Å². The maximum Gasteiger partial charge on any atom is 0.516 e. The minimum absolute atomic E-state index is 0.0296. The van der Waals surface area contributed by atoms with E-state index in [2.05, 4.69) is 20.8 Å². The summed E-state index contributed by atoms with van der Waals surface area (Å²) in [4.78, 5) is 14.2. The third-order valence-corrected chi connectivity index (χ3v) is 10.1. The summed E-state index contributed by atoms with van der Waals surface area (Å²) in [6, 6.07) is 8.87. The number of hydrogen-bond donors (Lipinski definition) is 0. The standard InChI is InChI=1S/C33H44F3NO5S/c1-19(2)24-14-11-21(4)17-27(24)41-31(38)30(42-32(6,7)8)28-22(5)18-26-25(29(28)23-12-9-20(3)10-13-23)15-16-37(26)43(39,40)33(34,35)36/h9-10,12-13,18-19,21,24,27,30H,11,14-17H2,1-8H3/t21-,24+,27-,30?/m1/s1. The van der Waals surface area contributed by atoms with Crippen molar-refractivity contribution < 1.29 is 35.9 Å². The van der Waals surface area contributed by atoms with Crippen molar-refractivity contribution in [2.24, 2.45) is 17.8 Å². The molecule has 43 heavy (non-hydrogen) atoms. The number of hydrogen-bond acceptors (Lipinski definition) is 5. The molecule has 1 unspecified atom stereocenters. The first kappa shape index (κ1) is 33.3. The van der Waals surface area contributed by atoms with Crippen molar-refractivity contribution in [2.75, 3.05) is 10.8 Å². The molecule has 2 aliphatic rings. The van der Waals surface area contributed by atoms with Crippen LogP contribution < -0.4 is 4.31 Å². The maximum absolute atomic E-state index is 14.2. The maximum atomic E-state index is 14.2. The van der Waals surface area contributed by atoms with Gasteiger partial charge in [0.25, 0.3) is 0 Å². The van der Waals surface area contributed by atoms with Crippen LogP contribution in [0, 0.1) is 31.6 Å². The summed E-state index contributed by atoms with van der Waals surface area (Å²) >= 11 is 0. The van der Waals surface area contributed by atoms with Gasteiger partial charge in [-0.1, -0.05) is 57.0 Å². The zero-order valence-corrected chi connectivity index (χ0v) is 27.2. The van der Waals surface area contributed by atoms with Crippen LogP contribution in [-0.4, -0.2) is 38.1 Å². The molecular weight excluding hydrogens is 579 g/mol. The van der Waals surface area contributed by atoms with Crippen molar-refractivity contribution >= 4 is 21.7 Å². The average molecular weight is 624 g/mol. The molecule has 0 amide bonds. The number of carbonyl (C=O) groups is 1. The third kappa shape index (κ3) is 6.90. The van der Waals surface area contributed by atoms with Gasteiger partial charge in [-0.25, -0.2) is 4.79 Å². The van der Waals surface area contributed by atoms with Crippen LogP contribution in [0.5, 0.6) is 0 Å². The number of anilines is 1. The minimum Gasteiger partial charge on any atom is -0.460 e. The molecule has 4 atom stereocenters. The molecular formula is C33H44F3NO5S. The van der Waals surface area contributed by atoms with Gasteiger partial charge in [0.05, 0.1) is 11.3 Å². The molecule has 1 aliphatic carbocycles. The van der Waals surface area contributed by atoms with Crippen LogP contribution >= 0.6 is 0 Å². The zero-order valence-electron chi connectivity index (χ0n) is 26.3. The van der Waals surface area contributed by atoms with Gasteiger partial charge in [0, 0.05) is 12.1 Å². The number of fused-ring (bicyclic) bond motifs is 1. The van der Waals surface area contributed by atoms with Crippen LogP contribution in [0.1, 0.15) is 89.2 Å². The van der Waals surface area contributed by atoms with Crippen LogP contribution in [-0.2, 0) is 30.7 Å². The number of sulfonamides is 1. The SMILES string of the molecule is Cc1ccc(-c2c3c(cc(C)c2C(OC(C)(C)C)C(=O)O[C@@H]2C[C@H](C)CC[C@H]2C(C)C)N(S(=O)(=O)C(F)(F)F)CC3)cc1. The van der Waals surface area contributed by atoms with Gasteiger partial charge in [0.15, 0.2) is 6.10 Å². The summed E-state index contributed by atoms with van der Waals surface area (Å²) < 4.78 is 79.3. The van der Waals surface area contributed by atoms with Crippen LogP contribution in [0.3, 0.4) is 0 Å². The molecule has 0 bridgehead atoms. The lowest BCUT2D eigenvalue weighted by Gasteiger charge is -2.38. The van der Waals surface area contributed by atoms with E-state index in [1.165, 1.54) is 6.07 Å². The molecule has 6 nitrogen and oxygen atoms in total. The monoisotopic (exact) mass is 623 g/mol. The fourth-order valence-electron chi connectivity index (χ4n) is 6.47. The van der Waals surface area contributed by atoms with Gasteiger partial charge >= 0.3 is 21.5 Å². The van der Waals surface area contributed by atoms with Gasteiger partial charge in [0.2, 0.25) is 0 Å². The first-order chi connectivity index (χ1) is 19.8. The lowest BCUT2D eigenvalue weighted by molar-refractivity contribution is -0.178. The highest BCUT2D eigenvalue weighted by atomic mass is 32.2. The number of rotatable bonds is 7. The molecule has 0 N–H and O–H groups in total. The van der Waals surface area contributed by atoms with E-state index >= 15 is 0 Å². The van der Waals surface area contributed by atoms with E-state index in [9.17, 15) is 26.4 Å². The summed E-state index contributed by atoms with van der Waals surface area (Å²) in [6.07, 6.45) is 1.35. The van der Waals surface area contributed by atoms with E-state index in [0.29, 0.717) is 44.0 Å². The second-order valence-corrected chi connectivity index (χ2v) is 15.4. The van der Waals surface area contributed by atoms with E-state index in [4.69, 9.17) is 9.47 Å². The summed E-state index contributed by atoms with van der Waals surface area (Å²) in [6.45, 7) is 15.1. The van der Waals surface area contributed by atoms with Gasteiger partial charge in [-0.15, -0.1) is 0 Å². The summed E-state index contributed by atoms with van der Waals surface area (Å²) in [5, 5.41) is 0. The van der Waals surface area contributed by atoms with E-state index in [-0.39, 0.29) is 30.7 Å². The number of halogens is 3. The highest BCUT2D eigenvalue weighted by Gasteiger charge is 2.52. The summed E-state index contributed by atoms with van der Waals surface area (Å²) in [5.41, 5.74) is -2.74. The molecule has 0 saturated heterocycles. The Morgan fingerprint density at radius 3 is 2.23 bits per heavy atom. The van der Waals surface area contributed by atoms with Gasteiger partial charge < -0.3 is 9.47 Å². The van der Waals surface area contributed by atoms with Crippen molar-refractivity contribution in [1.29, 1.82) is 0 Å². The molecule has 2 aromatic carbocycles. The van der Waals surface area contributed by atoms with Crippen molar-refractivity contribution in [3.8, 4) is 11.1 Å². The Kier molecular flexibility index (Phi) is 9.35. The number of carbonyl (C=O) groups excluding carboxylic acids is 1. The van der Waals surface area contributed by atoms with Gasteiger partial charge in [-0.3, -0.25) is 4.31 Å². The van der Waals surface area contributed by atoms with Crippen molar-refractivity contribution in [1.82, 2.24) is 0 Å². The topological polar surface area (TPSA) is 72.9 Å². The Bertz CT molecular complexity index is 1440. The fraction of sp³-hybridized carbons (Fsp3) is 0.606. The number of nitrogens with zero attached hydrogens (tertiary/aromatic N) is 1. The predicted octanol–water partition coefficient (Wildman–Crippen LogP) is 8.04. The molecule has 4 rings (SSSR count). The fourth-order valence-corrected chi connectivity index (χ4v) is 7.47. The van der Waals surface area contributed by atoms with Gasteiger partial charge in [-0.2, -0.15) is 21.6 Å². The quantitative estimate of drug-likeness (QED) is 0.292. The number of esters is 1. The second-order valence-electron chi connectivity index (χ2n) is 13.5. The molecule has 0 spiro atoms. The molecule has 0 aromatic heterocycles. The van der Waals surface area contributed by atoms with E-state index in [1.54, 1.807) is 6.92 Å². The molecule has 238 valence electrons. The van der Waals surface area contributed by atoms with Crippen LogP contribution in [0.15, 0.2) is 30.3 Å². The zero-order chi connectivity index (χ0) is 32.1. The largest absolute Gasteiger partial charge is 0.516 e. The molecule has 10 heteroatoms. The van der Waals surface area contributed by atoms with Crippen molar-refractivity contribution in [3.63, 3.8) is 0 Å². The lowest BCUT2D eigenvalue weighted by atomic mass is 9.75. The van der Waals surface area contributed by atoms with Gasteiger partial charge in [0.1, 0.15) is 6.10 Å². The third-order valence-electron chi connectivity index (χ3n) is 8.59. The van der Waals surface area contributed by atoms with Crippen LogP contribution in [0.25, 0.3) is 11.1 Å². The molecule has 1 saturated carbocycles. The molecule has 1 heterocycles. The van der Waals surface area contributed by atoms with E-state index in [0.717, 1.165) is 24.8 Å². The second kappa shape index (κ2) is 12.1. The number of aryl methyl sites for hydroxylation is 2. The highest BCUT2D eigenvalue weighted by Crippen LogP contribution is 2.47. The minimum atomic E-state index is -5.62. The Labute approximate surface area is 254 Å². The number of ether oxygens (including phenoxy) is 2. The molecule has 1 fully saturated rings. The average Bonchev–Trinajstić information content (AvgIpc) is 3.30. The molecule has 1 aliphatic heterocycles. The normalized spacial score (nSPS) is 22.0. The summed E-state index contributed by atoms with van der Waals surface area (Å²) in [5.74, 6) is 0.378. The van der Waals surface area contributed by atoms with Gasteiger partial charge in [-0.05, 0) is 100.0 Å². The van der Waals surface area contributed by atoms with Crippen molar-refractivity contribution in [2.45, 2.75) is 104 Å². The molecule has 0 radical (unpaired) electrons. The first-order valence-corrected chi connectivity index (χ1v) is 16.5. The predicted molar refractivity (Wildman–Crippen MR) is 162 cm³/mol. The van der Waals surface area contributed by atoms with E-state index < -0.39 is 33.2 Å². The Morgan fingerprint density at radius 1 is 1.05 bits per heavy atom. The van der Waals surface area contributed by atoms with E-state index in [1.807, 2.05) is 52.0 Å². The summed E-state index contributed by atoms with van der Waals surface area (Å²) in [7, 11) is -5.62. The Balaban J connectivity index is 1.91. The first-order valence-electron chi connectivity index (χ1n) is 15.0. The molecule has 2 aromatic rings. The smallest absolute Gasteiger partial charge is 0.460 e.